The Balaban J connectivity index is 1.59. The Bertz CT molecular complexity index is 747. The lowest BCUT2D eigenvalue weighted by Gasteiger charge is -2.08. The Morgan fingerprint density at radius 3 is 1.87 bits per heavy atom. The van der Waals surface area contributed by atoms with Crippen LogP contribution in [0.4, 0.5) is 0 Å². The second kappa shape index (κ2) is 7.27. The largest absolute Gasteiger partial charge is 0.489 e. The molecule has 0 saturated carbocycles. The first-order valence-electron chi connectivity index (χ1n) is 7.26. The van der Waals surface area contributed by atoms with E-state index in [0.29, 0.717) is 23.7 Å². The molecule has 0 bridgehead atoms. The molecule has 0 aliphatic carbocycles. The summed E-state index contributed by atoms with van der Waals surface area (Å²) in [5.41, 5.74) is 1.63. The SMILES string of the molecule is O=[C]c1ccc(Oc2ccc(OCc3ccccc3)cc2)cc1. The van der Waals surface area contributed by atoms with Gasteiger partial charge in [-0.3, -0.25) is 4.79 Å². The minimum absolute atomic E-state index is 0.502. The van der Waals surface area contributed by atoms with Crippen molar-refractivity contribution in [1.82, 2.24) is 0 Å². The highest BCUT2D eigenvalue weighted by Crippen LogP contribution is 2.24. The van der Waals surface area contributed by atoms with Crippen molar-refractivity contribution in [2.24, 2.45) is 0 Å². The summed E-state index contributed by atoms with van der Waals surface area (Å²) in [5.74, 6) is 2.16. The Kier molecular flexibility index (Phi) is 4.69. The third-order valence-corrected chi connectivity index (χ3v) is 3.28. The van der Waals surface area contributed by atoms with Gasteiger partial charge in [0.05, 0.1) is 0 Å². The van der Waals surface area contributed by atoms with Crippen molar-refractivity contribution in [3.05, 3.63) is 90.0 Å². The summed E-state index contributed by atoms with van der Waals surface area (Å²) in [5, 5.41) is 0. The van der Waals surface area contributed by atoms with Crippen molar-refractivity contribution < 1.29 is 14.3 Å². The summed E-state index contributed by atoms with van der Waals surface area (Å²) in [6.45, 7) is 0.532. The zero-order valence-corrected chi connectivity index (χ0v) is 12.4. The van der Waals surface area contributed by atoms with Gasteiger partial charge in [0.1, 0.15) is 23.9 Å². The van der Waals surface area contributed by atoms with E-state index < -0.39 is 0 Å². The number of carbonyl (C=O) groups excluding carboxylic acids is 1. The van der Waals surface area contributed by atoms with Gasteiger partial charge in [0.15, 0.2) is 0 Å². The predicted molar refractivity (Wildman–Crippen MR) is 88.5 cm³/mol. The molecule has 23 heavy (non-hydrogen) atoms. The maximum absolute atomic E-state index is 10.5. The third kappa shape index (κ3) is 4.20. The number of hydrogen-bond acceptors (Lipinski definition) is 3. The molecule has 113 valence electrons. The van der Waals surface area contributed by atoms with Gasteiger partial charge in [-0.05, 0) is 54.1 Å². The minimum atomic E-state index is 0.502. The summed E-state index contributed by atoms with van der Waals surface area (Å²) in [6.07, 6.45) is 1.83. The van der Waals surface area contributed by atoms with Gasteiger partial charge < -0.3 is 9.47 Å². The van der Waals surface area contributed by atoms with Gasteiger partial charge in [0.25, 0.3) is 0 Å². The zero-order chi connectivity index (χ0) is 15.9. The normalized spacial score (nSPS) is 10.1. The van der Waals surface area contributed by atoms with Gasteiger partial charge in [0.2, 0.25) is 6.29 Å². The van der Waals surface area contributed by atoms with Crippen LogP contribution in [0.2, 0.25) is 0 Å². The molecule has 0 aromatic heterocycles. The molecule has 0 fully saturated rings. The van der Waals surface area contributed by atoms with Crippen LogP contribution >= 0.6 is 0 Å². The maximum atomic E-state index is 10.5. The van der Waals surface area contributed by atoms with Gasteiger partial charge in [-0.15, -0.1) is 0 Å². The minimum Gasteiger partial charge on any atom is -0.489 e. The molecule has 3 heteroatoms. The lowest BCUT2D eigenvalue weighted by Crippen LogP contribution is -1.94. The first kappa shape index (κ1) is 14.9. The molecule has 0 N–H and O–H groups in total. The zero-order valence-electron chi connectivity index (χ0n) is 12.4. The fraction of sp³-hybridized carbons (Fsp3) is 0.0500. The lowest BCUT2D eigenvalue weighted by atomic mass is 10.2. The van der Waals surface area contributed by atoms with Crippen LogP contribution in [-0.4, -0.2) is 6.29 Å². The smallest absolute Gasteiger partial charge is 0.233 e. The van der Waals surface area contributed by atoms with E-state index in [0.717, 1.165) is 11.3 Å². The van der Waals surface area contributed by atoms with E-state index in [1.54, 1.807) is 24.3 Å². The van der Waals surface area contributed by atoms with Crippen LogP contribution in [-0.2, 0) is 11.4 Å². The van der Waals surface area contributed by atoms with Crippen LogP contribution in [0, 0.1) is 0 Å². The summed E-state index contributed by atoms with van der Waals surface area (Å²) >= 11 is 0. The van der Waals surface area contributed by atoms with Crippen LogP contribution < -0.4 is 9.47 Å². The van der Waals surface area contributed by atoms with Crippen molar-refractivity contribution in [2.75, 3.05) is 0 Å². The summed E-state index contributed by atoms with van der Waals surface area (Å²) < 4.78 is 11.4. The van der Waals surface area contributed by atoms with Crippen LogP contribution in [0.5, 0.6) is 17.2 Å². The van der Waals surface area contributed by atoms with E-state index in [4.69, 9.17) is 9.47 Å². The van der Waals surface area contributed by atoms with Gasteiger partial charge in [0, 0.05) is 5.56 Å². The topological polar surface area (TPSA) is 35.5 Å². The monoisotopic (exact) mass is 303 g/mol. The van der Waals surface area contributed by atoms with Crippen LogP contribution in [0.25, 0.3) is 0 Å². The Morgan fingerprint density at radius 1 is 0.696 bits per heavy atom. The second-order valence-electron chi connectivity index (χ2n) is 4.97. The second-order valence-corrected chi connectivity index (χ2v) is 4.97. The summed E-state index contributed by atoms with van der Waals surface area (Å²) in [7, 11) is 0. The molecule has 3 aromatic rings. The van der Waals surface area contributed by atoms with Gasteiger partial charge in [-0.2, -0.15) is 0 Å². The van der Waals surface area contributed by atoms with E-state index in [-0.39, 0.29) is 0 Å². The molecule has 3 rings (SSSR count). The molecule has 0 spiro atoms. The highest BCUT2D eigenvalue weighted by atomic mass is 16.5. The van der Waals surface area contributed by atoms with E-state index >= 15 is 0 Å². The molecule has 0 aliphatic heterocycles. The molecule has 0 amide bonds. The van der Waals surface area contributed by atoms with Crippen molar-refractivity contribution in [3.63, 3.8) is 0 Å². The molecule has 3 nitrogen and oxygen atoms in total. The van der Waals surface area contributed by atoms with Crippen molar-refractivity contribution >= 4 is 6.29 Å². The van der Waals surface area contributed by atoms with Crippen molar-refractivity contribution in [2.45, 2.75) is 6.61 Å². The Labute approximate surface area is 135 Å². The van der Waals surface area contributed by atoms with Gasteiger partial charge in [-0.1, -0.05) is 30.3 Å². The Morgan fingerprint density at radius 2 is 1.26 bits per heavy atom. The number of ether oxygens (including phenoxy) is 2. The van der Waals surface area contributed by atoms with E-state index in [1.807, 2.05) is 60.9 Å². The molecule has 0 heterocycles. The molecule has 1 radical (unpaired) electrons. The van der Waals surface area contributed by atoms with Gasteiger partial charge >= 0.3 is 0 Å². The number of rotatable bonds is 6. The standard InChI is InChI=1S/C20H15O3/c21-14-16-6-8-19(9-7-16)23-20-12-10-18(11-13-20)22-15-17-4-2-1-3-5-17/h1-13H,15H2. The van der Waals surface area contributed by atoms with Crippen LogP contribution in [0.15, 0.2) is 78.9 Å². The highest BCUT2D eigenvalue weighted by molar-refractivity contribution is 5.75. The summed E-state index contributed by atoms with van der Waals surface area (Å²) in [4.78, 5) is 10.5. The van der Waals surface area contributed by atoms with Crippen LogP contribution in [0.1, 0.15) is 11.1 Å². The van der Waals surface area contributed by atoms with Crippen molar-refractivity contribution in [3.8, 4) is 17.2 Å². The molecular formula is C20H15O3. The summed E-state index contributed by atoms with van der Waals surface area (Å²) in [6, 6.07) is 24.2. The average Bonchev–Trinajstić information content (AvgIpc) is 2.63. The van der Waals surface area contributed by atoms with E-state index in [1.165, 1.54) is 0 Å². The van der Waals surface area contributed by atoms with Gasteiger partial charge in [-0.25, -0.2) is 0 Å². The molecule has 0 saturated heterocycles. The molecular weight excluding hydrogens is 288 g/mol. The number of benzene rings is 3. The quantitative estimate of drug-likeness (QED) is 0.672. The number of hydrogen-bond donors (Lipinski definition) is 0. The molecule has 0 atom stereocenters. The third-order valence-electron chi connectivity index (χ3n) is 3.28. The Hall–Kier alpha value is -3.07. The fourth-order valence-electron chi connectivity index (χ4n) is 2.07. The fourth-order valence-corrected chi connectivity index (χ4v) is 2.07. The molecule has 3 aromatic carbocycles. The predicted octanol–water partition coefficient (Wildman–Crippen LogP) is 4.52. The average molecular weight is 303 g/mol. The van der Waals surface area contributed by atoms with E-state index in [9.17, 15) is 4.79 Å². The van der Waals surface area contributed by atoms with Crippen LogP contribution in [0.3, 0.4) is 0 Å². The lowest BCUT2D eigenvalue weighted by molar-refractivity contribution is 0.306. The highest BCUT2D eigenvalue weighted by Gasteiger charge is 2.00. The van der Waals surface area contributed by atoms with Crippen molar-refractivity contribution in [1.29, 1.82) is 0 Å². The molecule has 0 aliphatic rings. The first-order valence-corrected chi connectivity index (χ1v) is 7.26. The maximum Gasteiger partial charge on any atom is 0.233 e. The molecule has 0 unspecified atom stereocenters. The first-order chi connectivity index (χ1) is 11.3. The van der Waals surface area contributed by atoms with E-state index in [2.05, 4.69) is 0 Å².